The highest BCUT2D eigenvalue weighted by Crippen LogP contribution is 2.21. The van der Waals surface area contributed by atoms with Gasteiger partial charge in [-0.05, 0) is 42.2 Å². The summed E-state index contributed by atoms with van der Waals surface area (Å²) in [4.78, 5) is 26.9. The number of rotatable bonds is 8. The second-order valence-electron chi connectivity index (χ2n) is 6.39. The number of amides is 1. The summed E-state index contributed by atoms with van der Waals surface area (Å²) in [5, 5.41) is 4.83. The Labute approximate surface area is 173 Å². The van der Waals surface area contributed by atoms with E-state index in [2.05, 4.69) is 16.4 Å². The van der Waals surface area contributed by atoms with Crippen LogP contribution in [0, 0.1) is 0 Å². The molecule has 3 aromatic rings. The van der Waals surface area contributed by atoms with Crippen molar-refractivity contribution < 1.29 is 14.3 Å². The molecule has 28 heavy (non-hydrogen) atoms. The van der Waals surface area contributed by atoms with Crippen LogP contribution in [-0.2, 0) is 27.3 Å². The third-order valence-electron chi connectivity index (χ3n) is 4.36. The van der Waals surface area contributed by atoms with Gasteiger partial charge in [0.1, 0.15) is 0 Å². The van der Waals surface area contributed by atoms with Gasteiger partial charge in [0.15, 0.2) is 6.61 Å². The number of halogens is 2. The fourth-order valence-corrected chi connectivity index (χ4v) is 3.37. The Kier molecular flexibility index (Phi) is 6.95. The second kappa shape index (κ2) is 9.62. The number of nitrogens with one attached hydrogen (secondary N) is 2. The van der Waals surface area contributed by atoms with Crippen LogP contribution in [0.5, 0.6) is 0 Å². The first-order valence-corrected chi connectivity index (χ1v) is 9.70. The van der Waals surface area contributed by atoms with Gasteiger partial charge in [0.2, 0.25) is 0 Å². The molecular weight excluding hydrogens is 399 g/mol. The number of aryl methyl sites for hydroxylation is 1. The van der Waals surface area contributed by atoms with Gasteiger partial charge in [-0.1, -0.05) is 47.5 Å². The van der Waals surface area contributed by atoms with Crippen molar-refractivity contribution in [2.75, 3.05) is 6.61 Å². The van der Waals surface area contributed by atoms with Crippen molar-refractivity contribution in [1.29, 1.82) is 0 Å². The molecule has 0 fully saturated rings. The molecule has 1 aromatic heterocycles. The zero-order valence-electron chi connectivity index (χ0n) is 15.1. The van der Waals surface area contributed by atoms with Crippen molar-refractivity contribution >= 4 is 46.0 Å². The molecule has 146 valence electrons. The van der Waals surface area contributed by atoms with Crippen molar-refractivity contribution in [3.05, 3.63) is 69.8 Å². The molecule has 7 heteroatoms. The zero-order chi connectivity index (χ0) is 19.9. The molecule has 5 nitrogen and oxygen atoms in total. The molecule has 0 radical (unpaired) electrons. The Balaban J connectivity index is 1.36. The first-order chi connectivity index (χ1) is 13.5. The lowest BCUT2D eigenvalue weighted by molar-refractivity contribution is -0.148. The molecule has 0 aliphatic heterocycles. The quantitative estimate of drug-likeness (QED) is 0.522. The largest absolute Gasteiger partial charge is 0.456 e. The van der Waals surface area contributed by atoms with Crippen LogP contribution in [0.3, 0.4) is 0 Å². The number of benzene rings is 2. The first-order valence-electron chi connectivity index (χ1n) is 8.94. The average molecular weight is 419 g/mol. The molecule has 0 saturated carbocycles. The third-order valence-corrected chi connectivity index (χ3v) is 4.94. The molecule has 0 atom stereocenters. The smallest absolute Gasteiger partial charge is 0.306 e. The highest BCUT2D eigenvalue weighted by molar-refractivity contribution is 6.35. The highest BCUT2D eigenvalue weighted by atomic mass is 35.5. The molecule has 1 heterocycles. The lowest BCUT2D eigenvalue weighted by atomic mass is 10.1. The predicted octanol–water partition coefficient (Wildman–Crippen LogP) is 4.66. The monoisotopic (exact) mass is 418 g/mol. The zero-order valence-corrected chi connectivity index (χ0v) is 16.6. The van der Waals surface area contributed by atoms with E-state index in [9.17, 15) is 9.59 Å². The van der Waals surface area contributed by atoms with E-state index in [4.69, 9.17) is 27.9 Å². The average Bonchev–Trinajstić information content (AvgIpc) is 3.09. The predicted molar refractivity (Wildman–Crippen MR) is 111 cm³/mol. The molecule has 2 N–H and O–H groups in total. The van der Waals surface area contributed by atoms with Crippen LogP contribution in [0.25, 0.3) is 10.9 Å². The minimum atomic E-state index is -0.389. The van der Waals surface area contributed by atoms with Gasteiger partial charge in [0.05, 0.1) is 0 Å². The van der Waals surface area contributed by atoms with Crippen molar-refractivity contribution in [2.45, 2.75) is 25.8 Å². The van der Waals surface area contributed by atoms with E-state index < -0.39 is 0 Å². The lowest BCUT2D eigenvalue weighted by Gasteiger charge is -2.08. The van der Waals surface area contributed by atoms with E-state index in [1.54, 1.807) is 18.2 Å². The fourth-order valence-electron chi connectivity index (χ4n) is 2.89. The molecule has 0 aliphatic rings. The van der Waals surface area contributed by atoms with Crippen LogP contribution in [0.4, 0.5) is 0 Å². The normalized spacial score (nSPS) is 10.8. The van der Waals surface area contributed by atoms with Crippen LogP contribution in [0.1, 0.15) is 24.0 Å². The minimum absolute atomic E-state index is 0.243. The number of fused-ring (bicyclic) bond motifs is 1. The third kappa shape index (κ3) is 5.50. The molecule has 0 bridgehead atoms. The summed E-state index contributed by atoms with van der Waals surface area (Å²) in [7, 11) is 0. The van der Waals surface area contributed by atoms with Crippen LogP contribution in [0.2, 0.25) is 10.0 Å². The van der Waals surface area contributed by atoms with Crippen molar-refractivity contribution in [1.82, 2.24) is 10.3 Å². The van der Waals surface area contributed by atoms with E-state index in [1.165, 1.54) is 5.56 Å². The summed E-state index contributed by atoms with van der Waals surface area (Å²) in [5.74, 6) is -0.768. The topological polar surface area (TPSA) is 71.2 Å². The number of hydrogen-bond donors (Lipinski definition) is 2. The van der Waals surface area contributed by atoms with Gasteiger partial charge >= 0.3 is 5.97 Å². The lowest BCUT2D eigenvalue weighted by Crippen LogP contribution is -2.28. The maximum Gasteiger partial charge on any atom is 0.306 e. The van der Waals surface area contributed by atoms with E-state index >= 15 is 0 Å². The van der Waals surface area contributed by atoms with Crippen LogP contribution < -0.4 is 5.32 Å². The second-order valence-corrected chi connectivity index (χ2v) is 7.23. The summed E-state index contributed by atoms with van der Waals surface area (Å²) in [5.41, 5.74) is 2.99. The van der Waals surface area contributed by atoms with Crippen LogP contribution >= 0.6 is 23.2 Å². The SMILES string of the molecule is O=C(COC(=O)CCCc1c[nH]c2ccccc12)NCc1ccc(Cl)cc1Cl. The number of aromatic nitrogens is 1. The number of aromatic amines is 1. The summed E-state index contributed by atoms with van der Waals surface area (Å²) in [6.07, 6.45) is 3.64. The number of hydrogen-bond acceptors (Lipinski definition) is 3. The summed E-state index contributed by atoms with van der Waals surface area (Å²) < 4.78 is 5.04. The number of ether oxygens (including phenoxy) is 1. The Morgan fingerprint density at radius 3 is 2.71 bits per heavy atom. The van der Waals surface area contributed by atoms with Gasteiger partial charge in [-0.15, -0.1) is 0 Å². The molecule has 2 aromatic carbocycles. The highest BCUT2D eigenvalue weighted by Gasteiger charge is 2.10. The van der Waals surface area contributed by atoms with Crippen molar-refractivity contribution in [3.63, 3.8) is 0 Å². The minimum Gasteiger partial charge on any atom is -0.456 e. The van der Waals surface area contributed by atoms with Gasteiger partial charge in [-0.3, -0.25) is 9.59 Å². The van der Waals surface area contributed by atoms with Gasteiger partial charge in [-0.25, -0.2) is 0 Å². The summed E-state index contributed by atoms with van der Waals surface area (Å²) >= 11 is 11.9. The summed E-state index contributed by atoms with van der Waals surface area (Å²) in [6.45, 7) is -0.0654. The van der Waals surface area contributed by atoms with E-state index in [1.807, 2.05) is 24.4 Å². The summed E-state index contributed by atoms with van der Waals surface area (Å²) in [6, 6.07) is 13.1. The molecule has 0 spiro atoms. The van der Waals surface area contributed by atoms with Gasteiger partial charge < -0.3 is 15.0 Å². The van der Waals surface area contributed by atoms with Gasteiger partial charge in [-0.2, -0.15) is 0 Å². The Hall–Kier alpha value is -2.50. The number of carbonyl (C=O) groups is 2. The van der Waals surface area contributed by atoms with Crippen LogP contribution in [0.15, 0.2) is 48.7 Å². The molecule has 0 unspecified atom stereocenters. The molecule has 0 saturated heterocycles. The van der Waals surface area contributed by atoms with Gasteiger partial charge in [0, 0.05) is 40.1 Å². The number of para-hydroxylation sites is 1. The van der Waals surface area contributed by atoms with Crippen LogP contribution in [-0.4, -0.2) is 23.5 Å². The van der Waals surface area contributed by atoms with Crippen molar-refractivity contribution in [3.8, 4) is 0 Å². The first kappa shape index (κ1) is 20.2. The molecular formula is C21H20Cl2N2O3. The maximum atomic E-state index is 11.9. The number of carbonyl (C=O) groups excluding carboxylic acids is 2. The molecule has 0 aliphatic carbocycles. The Bertz CT molecular complexity index is 985. The molecule has 1 amide bonds. The Morgan fingerprint density at radius 2 is 1.89 bits per heavy atom. The van der Waals surface area contributed by atoms with E-state index in [-0.39, 0.29) is 31.4 Å². The Morgan fingerprint density at radius 1 is 1.07 bits per heavy atom. The number of esters is 1. The van der Waals surface area contributed by atoms with E-state index in [0.29, 0.717) is 16.5 Å². The maximum absolute atomic E-state index is 11.9. The standard InChI is InChI=1S/C21H20Cl2N2O3/c22-16-9-8-15(18(23)10-16)12-25-20(26)13-28-21(27)7-3-4-14-11-24-19-6-2-1-5-17(14)19/h1-2,5-6,8-11,24H,3-4,7,12-13H2,(H,25,26). The van der Waals surface area contributed by atoms with Crippen molar-refractivity contribution in [2.24, 2.45) is 0 Å². The van der Waals surface area contributed by atoms with E-state index in [0.717, 1.165) is 22.9 Å². The van der Waals surface area contributed by atoms with Gasteiger partial charge in [0.25, 0.3) is 5.91 Å². The fraction of sp³-hybridized carbons (Fsp3) is 0.238. The number of H-pyrrole nitrogens is 1. The molecule has 3 rings (SSSR count).